The predicted molar refractivity (Wildman–Crippen MR) is 180 cm³/mol. The van der Waals surface area contributed by atoms with E-state index in [1.807, 2.05) is 13.8 Å². The van der Waals surface area contributed by atoms with Gasteiger partial charge >= 0.3 is 0 Å². The summed E-state index contributed by atoms with van der Waals surface area (Å²) < 4.78 is 13.5. The van der Waals surface area contributed by atoms with Crippen LogP contribution in [0.2, 0.25) is 18.1 Å². The monoisotopic (exact) mass is 634 g/mol. The number of halogens is 1. The molecule has 0 bridgehead atoms. The van der Waals surface area contributed by atoms with E-state index >= 15 is 0 Å². The molecule has 2 rings (SSSR count). The summed E-state index contributed by atoms with van der Waals surface area (Å²) in [6.45, 7) is 29.0. The maximum absolute atomic E-state index is 10.3. The Labute approximate surface area is 256 Å². The van der Waals surface area contributed by atoms with Crippen molar-refractivity contribution in [3.63, 3.8) is 0 Å². The molecule has 40 heavy (non-hydrogen) atoms. The Morgan fingerprint density at radius 2 is 1.57 bits per heavy atom. The van der Waals surface area contributed by atoms with Crippen LogP contribution in [-0.2, 0) is 6.42 Å². The Hall–Kier alpha value is -1.04. The van der Waals surface area contributed by atoms with E-state index < -0.39 is 8.32 Å². The second kappa shape index (κ2) is 13.5. The normalized spacial score (nSPS) is 19.8. The first-order valence-electron chi connectivity index (χ1n) is 15.4. The molecule has 1 heterocycles. The van der Waals surface area contributed by atoms with Gasteiger partial charge in [0.15, 0.2) is 0 Å². The second-order valence-corrected chi connectivity index (χ2v) is 21.5. The Morgan fingerprint density at radius 3 is 2.15 bits per heavy atom. The van der Waals surface area contributed by atoms with E-state index in [1.54, 1.807) is 0 Å². The summed E-state index contributed by atoms with van der Waals surface area (Å²) in [7, 11) is -1.93. The number of benzene rings is 1. The van der Waals surface area contributed by atoms with Crippen LogP contribution in [0.4, 0.5) is 0 Å². The van der Waals surface area contributed by atoms with Crippen molar-refractivity contribution in [3.8, 4) is 11.5 Å². The van der Waals surface area contributed by atoms with Crippen molar-refractivity contribution in [2.45, 2.75) is 162 Å². The van der Waals surface area contributed by atoms with Crippen molar-refractivity contribution in [3.05, 3.63) is 45.6 Å². The van der Waals surface area contributed by atoms with Gasteiger partial charge < -0.3 is 14.3 Å². The predicted octanol–water partition coefficient (Wildman–Crippen LogP) is 10.8. The van der Waals surface area contributed by atoms with Gasteiger partial charge in [0.2, 0.25) is 0 Å². The van der Waals surface area contributed by atoms with E-state index in [0.29, 0.717) is 0 Å². The van der Waals surface area contributed by atoms with Gasteiger partial charge in [-0.3, -0.25) is 0 Å². The van der Waals surface area contributed by atoms with Gasteiger partial charge in [0.05, 0.1) is 6.10 Å². The molecular weight excluding hydrogens is 576 g/mol. The third-order valence-electron chi connectivity index (χ3n) is 9.53. The van der Waals surface area contributed by atoms with Gasteiger partial charge in [0, 0.05) is 9.89 Å². The fourth-order valence-electron chi connectivity index (χ4n) is 5.10. The largest absolute Gasteiger partial charge is 0.543 e. The SMILES string of the molecule is C/C(=C\CC[C@]1(C)CCc2c(C)c(O[Si](C)(C)C(C)(C)C)c(C)c(C)c2O1)CC/C=C(\C)CCC(O)C(C)(C)Br. The van der Waals surface area contributed by atoms with Crippen LogP contribution in [0.5, 0.6) is 11.5 Å². The van der Waals surface area contributed by atoms with Crippen LogP contribution in [0.15, 0.2) is 23.3 Å². The zero-order valence-corrected chi connectivity index (χ0v) is 30.6. The Balaban J connectivity index is 2.00. The van der Waals surface area contributed by atoms with Gasteiger partial charge in [-0.05, 0) is 142 Å². The highest BCUT2D eigenvalue weighted by molar-refractivity contribution is 9.10. The van der Waals surface area contributed by atoms with Crippen molar-refractivity contribution < 1.29 is 14.3 Å². The number of alkyl halides is 1. The summed E-state index contributed by atoms with van der Waals surface area (Å²) >= 11 is 3.57. The van der Waals surface area contributed by atoms with Crippen molar-refractivity contribution in [2.24, 2.45) is 0 Å². The molecule has 3 nitrogen and oxygen atoms in total. The summed E-state index contributed by atoms with van der Waals surface area (Å²) in [6, 6.07) is 0. The van der Waals surface area contributed by atoms with E-state index in [0.717, 1.165) is 62.9 Å². The molecule has 228 valence electrons. The molecule has 0 saturated carbocycles. The van der Waals surface area contributed by atoms with Gasteiger partial charge in [-0.1, -0.05) is 60.0 Å². The van der Waals surface area contributed by atoms with E-state index in [1.165, 1.54) is 33.4 Å². The number of aliphatic hydroxyl groups is 1. The van der Waals surface area contributed by atoms with E-state index in [4.69, 9.17) is 9.16 Å². The lowest BCUT2D eigenvalue weighted by atomic mass is 9.85. The third-order valence-corrected chi connectivity index (χ3v) is 14.4. The number of allylic oxidation sites excluding steroid dienone is 4. The quantitative estimate of drug-likeness (QED) is 0.141. The summed E-state index contributed by atoms with van der Waals surface area (Å²) in [5.74, 6) is 2.20. The Kier molecular flexibility index (Phi) is 11.9. The van der Waals surface area contributed by atoms with Crippen LogP contribution in [0.1, 0.15) is 123 Å². The van der Waals surface area contributed by atoms with E-state index in [2.05, 4.69) is 103 Å². The highest BCUT2D eigenvalue weighted by Crippen LogP contribution is 2.47. The second-order valence-electron chi connectivity index (χ2n) is 14.7. The van der Waals surface area contributed by atoms with Crippen LogP contribution in [0.3, 0.4) is 0 Å². The molecule has 0 radical (unpaired) electrons. The third kappa shape index (κ3) is 9.23. The highest BCUT2D eigenvalue weighted by Gasteiger charge is 2.41. The molecule has 1 aromatic rings. The minimum atomic E-state index is -1.93. The number of rotatable bonds is 12. The molecule has 1 unspecified atom stereocenters. The fourth-order valence-corrected chi connectivity index (χ4v) is 6.45. The summed E-state index contributed by atoms with van der Waals surface area (Å²) in [4.78, 5) is 0. The van der Waals surface area contributed by atoms with Gasteiger partial charge in [-0.15, -0.1) is 0 Å². The zero-order valence-electron chi connectivity index (χ0n) is 28.0. The van der Waals surface area contributed by atoms with Crippen LogP contribution in [-0.4, -0.2) is 29.5 Å². The average Bonchev–Trinajstić information content (AvgIpc) is 2.82. The lowest BCUT2D eigenvalue weighted by Crippen LogP contribution is -2.44. The molecule has 1 aliphatic heterocycles. The maximum Gasteiger partial charge on any atom is 0.250 e. The number of aliphatic hydroxyl groups excluding tert-OH is 1. The maximum atomic E-state index is 10.3. The average molecular weight is 636 g/mol. The number of ether oxygens (including phenoxy) is 1. The Bertz CT molecular complexity index is 1090. The standard InChI is InChI=1S/C35H59BrO3Si/c1-24(16-14-17-25(2)19-20-30(37)34(9,10)36)18-15-22-35(11)23-21-29-28(5)31(26(3)27(4)32(29)38-35)39-40(12,13)33(6,7)8/h17-18,30,37H,14-16,19-23H2,1-13H3/b24-18+,25-17+/t30?,35-/m1/s1. The first-order valence-corrected chi connectivity index (χ1v) is 19.1. The van der Waals surface area contributed by atoms with Gasteiger partial charge in [0.1, 0.15) is 17.1 Å². The fraction of sp³-hybridized carbons (Fsp3) is 0.714. The molecule has 2 atom stereocenters. The molecule has 0 aromatic heterocycles. The van der Waals surface area contributed by atoms with Gasteiger partial charge in [-0.25, -0.2) is 0 Å². The summed E-state index contributed by atoms with van der Waals surface area (Å²) in [6.07, 6.45) is 12.4. The van der Waals surface area contributed by atoms with Crippen molar-refractivity contribution in [1.29, 1.82) is 0 Å². The van der Waals surface area contributed by atoms with Gasteiger partial charge in [0.25, 0.3) is 8.32 Å². The van der Waals surface area contributed by atoms with Crippen LogP contribution >= 0.6 is 15.9 Å². The summed E-state index contributed by atoms with van der Waals surface area (Å²) in [5, 5.41) is 10.4. The van der Waals surface area contributed by atoms with E-state index in [-0.39, 0.29) is 21.1 Å². The Morgan fingerprint density at radius 1 is 1.00 bits per heavy atom. The number of hydrogen-bond acceptors (Lipinski definition) is 3. The van der Waals surface area contributed by atoms with Gasteiger partial charge in [-0.2, -0.15) is 0 Å². The molecule has 0 spiro atoms. The first-order chi connectivity index (χ1) is 18.2. The van der Waals surface area contributed by atoms with Crippen molar-refractivity contribution in [1.82, 2.24) is 0 Å². The highest BCUT2D eigenvalue weighted by atomic mass is 79.9. The summed E-state index contributed by atoms with van der Waals surface area (Å²) in [5.41, 5.74) is 7.75. The molecule has 0 saturated heterocycles. The van der Waals surface area contributed by atoms with E-state index in [9.17, 15) is 5.11 Å². The van der Waals surface area contributed by atoms with Crippen molar-refractivity contribution >= 4 is 24.2 Å². The first kappa shape index (κ1) is 35.2. The topological polar surface area (TPSA) is 38.7 Å². The zero-order chi connectivity index (χ0) is 30.7. The minimum absolute atomic E-state index is 0.143. The molecule has 0 fully saturated rings. The molecule has 1 aliphatic rings. The van der Waals surface area contributed by atoms with Crippen molar-refractivity contribution in [2.75, 3.05) is 0 Å². The molecule has 0 aliphatic carbocycles. The lowest BCUT2D eigenvalue weighted by Gasteiger charge is -2.41. The van der Waals surface area contributed by atoms with Crippen LogP contribution in [0.25, 0.3) is 0 Å². The molecule has 0 amide bonds. The lowest BCUT2D eigenvalue weighted by molar-refractivity contribution is 0.0559. The molecule has 1 aromatic carbocycles. The van der Waals surface area contributed by atoms with Crippen LogP contribution < -0.4 is 9.16 Å². The number of hydrogen-bond donors (Lipinski definition) is 1. The molecular formula is C35H59BrO3Si. The molecule has 5 heteroatoms. The van der Waals surface area contributed by atoms with Crippen LogP contribution in [0, 0.1) is 20.8 Å². The smallest absolute Gasteiger partial charge is 0.250 e. The number of fused-ring (bicyclic) bond motifs is 1. The minimum Gasteiger partial charge on any atom is -0.543 e. The molecule has 1 N–H and O–H groups in total.